The minimum absolute atomic E-state index is 0.228. The number of hydrogen-bond donors (Lipinski definition) is 0. The first kappa shape index (κ1) is 16.2. The summed E-state index contributed by atoms with van der Waals surface area (Å²) < 4.78 is 11.4. The third kappa shape index (κ3) is 3.16. The van der Waals surface area contributed by atoms with Gasteiger partial charge >= 0.3 is 5.63 Å². The smallest absolute Gasteiger partial charge is 0.339 e. The molecule has 0 bridgehead atoms. The van der Waals surface area contributed by atoms with Gasteiger partial charge in [0.1, 0.15) is 17.9 Å². The summed E-state index contributed by atoms with van der Waals surface area (Å²) in [6, 6.07) is 11.8. The monoisotopic (exact) mass is 354 g/mol. The molecule has 0 unspecified atom stereocenters. The fourth-order valence-electron chi connectivity index (χ4n) is 3.40. The summed E-state index contributed by atoms with van der Waals surface area (Å²) in [6.45, 7) is 2.47. The van der Waals surface area contributed by atoms with E-state index in [1.165, 1.54) is 5.56 Å². The topological polar surface area (TPSA) is 39.4 Å². The second-order valence-electron chi connectivity index (χ2n) is 6.61. The Morgan fingerprint density at radius 2 is 1.80 bits per heavy atom. The van der Waals surface area contributed by atoms with E-state index in [4.69, 9.17) is 20.8 Å². The molecular formula is C21H19ClO3. The maximum atomic E-state index is 12.2. The molecule has 4 rings (SSSR count). The highest BCUT2D eigenvalue weighted by atomic mass is 35.5. The Bertz CT molecular complexity index is 987. The maximum Gasteiger partial charge on any atom is 0.339 e. The molecule has 1 aliphatic carbocycles. The van der Waals surface area contributed by atoms with Crippen LogP contribution in [0.2, 0.25) is 5.02 Å². The van der Waals surface area contributed by atoms with Gasteiger partial charge in [0.05, 0.1) is 5.02 Å². The molecule has 2 aromatic carbocycles. The van der Waals surface area contributed by atoms with Gasteiger partial charge in [0.25, 0.3) is 0 Å². The van der Waals surface area contributed by atoms with Crippen molar-refractivity contribution in [1.82, 2.24) is 0 Å². The van der Waals surface area contributed by atoms with E-state index in [0.717, 1.165) is 47.8 Å². The highest BCUT2D eigenvalue weighted by Crippen LogP contribution is 2.34. The first-order chi connectivity index (χ1) is 12.1. The standard InChI is InChI=1S/C21H19ClO3/c1-13-6-8-14(9-7-13)12-24-20-11-19-17(10-18(20)22)15-4-2-3-5-16(15)21(23)25-19/h6-11H,2-5,12H2,1H3. The molecule has 1 aliphatic rings. The van der Waals surface area contributed by atoms with Crippen LogP contribution in [0.5, 0.6) is 5.75 Å². The van der Waals surface area contributed by atoms with Gasteiger partial charge in [-0.3, -0.25) is 0 Å². The summed E-state index contributed by atoms with van der Waals surface area (Å²) in [5.41, 5.74) is 4.49. The van der Waals surface area contributed by atoms with E-state index < -0.39 is 0 Å². The predicted molar refractivity (Wildman–Crippen MR) is 99.6 cm³/mol. The van der Waals surface area contributed by atoms with Gasteiger partial charge in [-0.25, -0.2) is 4.79 Å². The molecule has 0 saturated carbocycles. The first-order valence-corrected chi connectivity index (χ1v) is 8.96. The zero-order valence-electron chi connectivity index (χ0n) is 14.1. The zero-order valence-corrected chi connectivity index (χ0v) is 14.9. The Morgan fingerprint density at radius 3 is 2.56 bits per heavy atom. The van der Waals surface area contributed by atoms with Crippen LogP contribution in [0.25, 0.3) is 11.0 Å². The lowest BCUT2D eigenvalue weighted by Crippen LogP contribution is -2.15. The number of rotatable bonds is 3. The van der Waals surface area contributed by atoms with Crippen molar-refractivity contribution in [3.8, 4) is 5.75 Å². The Morgan fingerprint density at radius 1 is 1.08 bits per heavy atom. The predicted octanol–water partition coefficient (Wildman–Crippen LogP) is 5.21. The van der Waals surface area contributed by atoms with Gasteiger partial charge in [0.15, 0.2) is 0 Å². The van der Waals surface area contributed by atoms with Crippen LogP contribution in [0.15, 0.2) is 45.6 Å². The largest absolute Gasteiger partial charge is 0.487 e. The molecule has 1 heterocycles. The van der Waals surface area contributed by atoms with Crippen LogP contribution < -0.4 is 10.4 Å². The SMILES string of the molecule is Cc1ccc(COc2cc3oc(=O)c4c(c3cc2Cl)CCCC4)cc1. The molecule has 128 valence electrons. The van der Waals surface area contributed by atoms with Crippen molar-refractivity contribution in [2.24, 2.45) is 0 Å². The van der Waals surface area contributed by atoms with Crippen molar-refractivity contribution in [3.63, 3.8) is 0 Å². The maximum absolute atomic E-state index is 12.2. The van der Waals surface area contributed by atoms with Crippen molar-refractivity contribution in [2.45, 2.75) is 39.2 Å². The average molecular weight is 355 g/mol. The van der Waals surface area contributed by atoms with Crippen LogP contribution in [0.4, 0.5) is 0 Å². The van der Waals surface area contributed by atoms with Gasteiger partial charge in [0, 0.05) is 17.0 Å². The summed E-state index contributed by atoms with van der Waals surface area (Å²) >= 11 is 6.43. The molecule has 3 nitrogen and oxygen atoms in total. The lowest BCUT2D eigenvalue weighted by Gasteiger charge is -2.17. The van der Waals surface area contributed by atoms with Crippen molar-refractivity contribution in [1.29, 1.82) is 0 Å². The number of ether oxygens (including phenoxy) is 1. The number of hydrogen-bond acceptors (Lipinski definition) is 3. The first-order valence-electron chi connectivity index (χ1n) is 8.58. The molecule has 0 N–H and O–H groups in total. The van der Waals surface area contributed by atoms with Crippen LogP contribution >= 0.6 is 11.6 Å². The number of halogens is 1. The molecule has 25 heavy (non-hydrogen) atoms. The minimum atomic E-state index is -0.228. The molecule has 1 aromatic heterocycles. The van der Waals surface area contributed by atoms with Gasteiger partial charge in [-0.2, -0.15) is 0 Å². The fraction of sp³-hybridized carbons (Fsp3) is 0.286. The molecule has 4 heteroatoms. The fourth-order valence-corrected chi connectivity index (χ4v) is 3.62. The van der Waals surface area contributed by atoms with Gasteiger partial charge in [-0.05, 0) is 49.8 Å². The van der Waals surface area contributed by atoms with E-state index in [1.54, 1.807) is 6.07 Å². The molecule has 0 radical (unpaired) electrons. The Hall–Kier alpha value is -2.26. The summed E-state index contributed by atoms with van der Waals surface area (Å²) in [5.74, 6) is 0.536. The van der Waals surface area contributed by atoms with Crippen molar-refractivity contribution < 1.29 is 9.15 Å². The normalized spacial score (nSPS) is 13.7. The molecule has 0 atom stereocenters. The third-order valence-electron chi connectivity index (χ3n) is 4.79. The van der Waals surface area contributed by atoms with E-state index in [1.807, 2.05) is 37.3 Å². The van der Waals surface area contributed by atoms with Gasteiger partial charge in [-0.15, -0.1) is 0 Å². The molecule has 0 saturated heterocycles. The highest BCUT2D eigenvalue weighted by Gasteiger charge is 2.19. The van der Waals surface area contributed by atoms with E-state index in [2.05, 4.69) is 0 Å². The Kier molecular flexibility index (Phi) is 4.26. The molecule has 0 fully saturated rings. The summed E-state index contributed by atoms with van der Waals surface area (Å²) in [4.78, 5) is 12.2. The Labute approximate surface area is 151 Å². The highest BCUT2D eigenvalue weighted by molar-refractivity contribution is 6.32. The zero-order chi connectivity index (χ0) is 17.4. The molecule has 3 aromatic rings. The lowest BCUT2D eigenvalue weighted by atomic mass is 9.91. The Balaban J connectivity index is 1.69. The van der Waals surface area contributed by atoms with Crippen LogP contribution in [-0.2, 0) is 19.4 Å². The second kappa shape index (κ2) is 6.57. The van der Waals surface area contributed by atoms with E-state index >= 15 is 0 Å². The van der Waals surface area contributed by atoms with Gasteiger partial charge in [-0.1, -0.05) is 41.4 Å². The van der Waals surface area contributed by atoms with E-state index in [-0.39, 0.29) is 5.63 Å². The summed E-state index contributed by atoms with van der Waals surface area (Å²) in [6.07, 6.45) is 3.82. The van der Waals surface area contributed by atoms with Crippen LogP contribution in [0.1, 0.15) is 35.1 Å². The second-order valence-corrected chi connectivity index (χ2v) is 7.01. The quantitative estimate of drug-likeness (QED) is 0.606. The molecule has 0 spiro atoms. The molecule has 0 amide bonds. The van der Waals surface area contributed by atoms with Crippen molar-refractivity contribution >= 4 is 22.6 Å². The van der Waals surface area contributed by atoms with Crippen molar-refractivity contribution in [2.75, 3.05) is 0 Å². The van der Waals surface area contributed by atoms with Gasteiger partial charge < -0.3 is 9.15 Å². The average Bonchev–Trinajstić information content (AvgIpc) is 2.62. The van der Waals surface area contributed by atoms with Gasteiger partial charge in [0.2, 0.25) is 0 Å². The van der Waals surface area contributed by atoms with Crippen molar-refractivity contribution in [3.05, 3.63) is 74.1 Å². The molecule has 0 aliphatic heterocycles. The minimum Gasteiger partial charge on any atom is -0.487 e. The van der Waals surface area contributed by atoms with Crippen LogP contribution in [0, 0.1) is 6.92 Å². The number of fused-ring (bicyclic) bond motifs is 3. The van der Waals surface area contributed by atoms with E-state index in [9.17, 15) is 4.79 Å². The number of aryl methyl sites for hydroxylation is 2. The third-order valence-corrected chi connectivity index (χ3v) is 5.09. The van der Waals surface area contributed by atoms with Crippen LogP contribution in [0.3, 0.4) is 0 Å². The number of benzene rings is 2. The molecular weight excluding hydrogens is 336 g/mol. The van der Waals surface area contributed by atoms with E-state index in [0.29, 0.717) is 23.0 Å². The van der Waals surface area contributed by atoms with Crippen LogP contribution in [-0.4, -0.2) is 0 Å². The summed E-state index contributed by atoms with van der Waals surface area (Å²) in [7, 11) is 0. The lowest BCUT2D eigenvalue weighted by molar-refractivity contribution is 0.306. The summed E-state index contributed by atoms with van der Waals surface area (Å²) in [5, 5.41) is 1.48.